The predicted molar refractivity (Wildman–Crippen MR) is 138 cm³/mol. The van der Waals surface area contributed by atoms with Gasteiger partial charge in [-0.15, -0.1) is 0 Å². The SMILES string of the molecule is CCCCCCCCCCCCNC(=O)C=C(C)NCCCCCCCCCCCC. The summed E-state index contributed by atoms with van der Waals surface area (Å²) < 4.78 is 0. The van der Waals surface area contributed by atoms with E-state index in [0.717, 1.165) is 25.2 Å². The Labute approximate surface area is 195 Å². The molecule has 0 heterocycles. The molecular formula is C28H56N2O. The molecule has 0 aromatic heterocycles. The zero-order valence-electron chi connectivity index (χ0n) is 21.5. The first-order valence-electron chi connectivity index (χ1n) is 13.9. The summed E-state index contributed by atoms with van der Waals surface area (Å²) in [5.41, 5.74) is 0.983. The van der Waals surface area contributed by atoms with E-state index in [2.05, 4.69) is 24.5 Å². The Morgan fingerprint density at radius 2 is 0.839 bits per heavy atom. The van der Waals surface area contributed by atoms with Gasteiger partial charge in [-0.25, -0.2) is 0 Å². The summed E-state index contributed by atoms with van der Waals surface area (Å²) in [6.07, 6.45) is 28.6. The third-order valence-corrected chi connectivity index (χ3v) is 6.11. The lowest BCUT2D eigenvalue weighted by Gasteiger charge is -2.07. The second kappa shape index (κ2) is 25.3. The fourth-order valence-electron chi connectivity index (χ4n) is 4.02. The lowest BCUT2D eigenvalue weighted by atomic mass is 10.1. The zero-order chi connectivity index (χ0) is 22.8. The zero-order valence-corrected chi connectivity index (χ0v) is 21.5. The monoisotopic (exact) mass is 436 g/mol. The number of nitrogens with one attached hydrogen (secondary N) is 2. The van der Waals surface area contributed by atoms with Crippen molar-refractivity contribution in [1.82, 2.24) is 10.6 Å². The van der Waals surface area contributed by atoms with E-state index in [4.69, 9.17) is 0 Å². The first kappa shape index (κ1) is 30.0. The van der Waals surface area contributed by atoms with Crippen molar-refractivity contribution >= 4 is 5.91 Å². The highest BCUT2D eigenvalue weighted by atomic mass is 16.1. The third-order valence-electron chi connectivity index (χ3n) is 6.11. The largest absolute Gasteiger partial charge is 0.388 e. The van der Waals surface area contributed by atoms with E-state index in [1.807, 2.05) is 6.92 Å². The maximum Gasteiger partial charge on any atom is 0.245 e. The molecule has 2 N–H and O–H groups in total. The molecule has 184 valence electrons. The maximum absolute atomic E-state index is 12.0. The quantitative estimate of drug-likeness (QED) is 0.118. The van der Waals surface area contributed by atoms with Crippen molar-refractivity contribution in [3.63, 3.8) is 0 Å². The van der Waals surface area contributed by atoms with Crippen LogP contribution >= 0.6 is 0 Å². The van der Waals surface area contributed by atoms with Gasteiger partial charge in [0, 0.05) is 24.9 Å². The molecule has 0 rings (SSSR count). The molecule has 0 atom stereocenters. The van der Waals surface area contributed by atoms with Crippen LogP contribution in [0.15, 0.2) is 11.8 Å². The third kappa shape index (κ3) is 25.1. The van der Waals surface area contributed by atoms with Crippen LogP contribution < -0.4 is 10.6 Å². The molecule has 0 fully saturated rings. The Bertz CT molecular complexity index is 406. The highest BCUT2D eigenvalue weighted by Gasteiger charge is 1.99. The first-order valence-corrected chi connectivity index (χ1v) is 13.9. The lowest BCUT2D eigenvalue weighted by molar-refractivity contribution is -0.116. The molecule has 31 heavy (non-hydrogen) atoms. The molecule has 0 aromatic carbocycles. The van der Waals surface area contributed by atoms with E-state index in [1.165, 1.54) is 122 Å². The van der Waals surface area contributed by atoms with Gasteiger partial charge in [-0.2, -0.15) is 0 Å². The summed E-state index contributed by atoms with van der Waals surface area (Å²) in [6.45, 7) is 8.32. The summed E-state index contributed by atoms with van der Waals surface area (Å²) in [7, 11) is 0. The van der Waals surface area contributed by atoms with Gasteiger partial charge in [0.15, 0.2) is 0 Å². The second-order valence-electron chi connectivity index (χ2n) is 9.41. The van der Waals surface area contributed by atoms with Gasteiger partial charge in [0.05, 0.1) is 0 Å². The number of allylic oxidation sites excluding steroid dienone is 1. The van der Waals surface area contributed by atoms with Crippen LogP contribution in [0.3, 0.4) is 0 Å². The van der Waals surface area contributed by atoms with Crippen LogP contribution in [0.25, 0.3) is 0 Å². The fraction of sp³-hybridized carbons (Fsp3) is 0.893. The molecule has 0 aromatic rings. The Morgan fingerprint density at radius 1 is 0.516 bits per heavy atom. The lowest BCUT2D eigenvalue weighted by Crippen LogP contribution is -2.24. The van der Waals surface area contributed by atoms with E-state index in [1.54, 1.807) is 6.08 Å². The van der Waals surface area contributed by atoms with Gasteiger partial charge in [0.25, 0.3) is 0 Å². The molecular weight excluding hydrogens is 380 g/mol. The van der Waals surface area contributed by atoms with Gasteiger partial charge in [-0.3, -0.25) is 4.79 Å². The van der Waals surface area contributed by atoms with Crippen molar-refractivity contribution in [2.24, 2.45) is 0 Å². The molecule has 0 aliphatic rings. The normalized spacial score (nSPS) is 11.6. The van der Waals surface area contributed by atoms with Crippen molar-refractivity contribution in [2.45, 2.75) is 149 Å². The molecule has 0 aliphatic carbocycles. The van der Waals surface area contributed by atoms with Crippen molar-refractivity contribution in [1.29, 1.82) is 0 Å². The number of hydrogen-bond acceptors (Lipinski definition) is 2. The van der Waals surface area contributed by atoms with Crippen molar-refractivity contribution in [2.75, 3.05) is 13.1 Å². The molecule has 3 nitrogen and oxygen atoms in total. The van der Waals surface area contributed by atoms with E-state index in [0.29, 0.717) is 0 Å². The molecule has 3 heteroatoms. The van der Waals surface area contributed by atoms with Gasteiger partial charge in [0.1, 0.15) is 0 Å². The molecule has 0 bridgehead atoms. The fourth-order valence-corrected chi connectivity index (χ4v) is 4.02. The van der Waals surface area contributed by atoms with Gasteiger partial charge in [-0.1, -0.05) is 129 Å². The minimum absolute atomic E-state index is 0.0454. The molecule has 0 spiro atoms. The topological polar surface area (TPSA) is 41.1 Å². The van der Waals surface area contributed by atoms with E-state index in [-0.39, 0.29) is 5.91 Å². The molecule has 1 amide bonds. The molecule has 0 aliphatic heterocycles. The predicted octanol–water partition coefficient (Wildman–Crippen LogP) is 8.44. The van der Waals surface area contributed by atoms with Crippen LogP contribution in [0.2, 0.25) is 0 Å². The van der Waals surface area contributed by atoms with Crippen molar-refractivity contribution < 1.29 is 4.79 Å². The average Bonchev–Trinajstić information content (AvgIpc) is 2.75. The van der Waals surface area contributed by atoms with Crippen LogP contribution in [0.5, 0.6) is 0 Å². The van der Waals surface area contributed by atoms with Crippen LogP contribution in [-0.4, -0.2) is 19.0 Å². The number of unbranched alkanes of at least 4 members (excludes halogenated alkanes) is 18. The van der Waals surface area contributed by atoms with Crippen molar-refractivity contribution in [3.05, 3.63) is 11.8 Å². The standard InChI is InChI=1S/C28H56N2O/c1-4-6-8-10-12-14-16-18-20-22-24-29-27(3)26-28(31)30-25-23-21-19-17-15-13-11-9-7-5-2/h26,29H,4-25H2,1-3H3,(H,30,31). The average molecular weight is 437 g/mol. The summed E-state index contributed by atoms with van der Waals surface area (Å²) in [6, 6.07) is 0. The minimum Gasteiger partial charge on any atom is -0.388 e. The Kier molecular flexibility index (Phi) is 24.5. The molecule has 0 radical (unpaired) electrons. The second-order valence-corrected chi connectivity index (χ2v) is 9.41. The summed E-state index contributed by atoms with van der Waals surface area (Å²) in [5.74, 6) is 0.0454. The number of carbonyl (C=O) groups excluding carboxylic acids is 1. The first-order chi connectivity index (χ1) is 15.2. The summed E-state index contributed by atoms with van der Waals surface area (Å²) in [4.78, 5) is 12.0. The highest BCUT2D eigenvalue weighted by Crippen LogP contribution is 2.11. The van der Waals surface area contributed by atoms with Crippen LogP contribution in [-0.2, 0) is 4.79 Å². The molecule has 0 unspecified atom stereocenters. The molecule has 0 saturated heterocycles. The summed E-state index contributed by atoms with van der Waals surface area (Å²) in [5, 5.41) is 6.41. The van der Waals surface area contributed by atoms with Gasteiger partial charge >= 0.3 is 0 Å². The Hall–Kier alpha value is -0.990. The number of carbonyl (C=O) groups is 1. The van der Waals surface area contributed by atoms with Gasteiger partial charge in [-0.05, 0) is 19.8 Å². The number of rotatable bonds is 24. The van der Waals surface area contributed by atoms with E-state index < -0.39 is 0 Å². The van der Waals surface area contributed by atoms with Crippen LogP contribution in [0.1, 0.15) is 149 Å². The van der Waals surface area contributed by atoms with Gasteiger partial charge < -0.3 is 10.6 Å². The highest BCUT2D eigenvalue weighted by molar-refractivity contribution is 5.87. The van der Waals surface area contributed by atoms with Crippen molar-refractivity contribution in [3.8, 4) is 0 Å². The number of hydrogen-bond donors (Lipinski definition) is 2. The van der Waals surface area contributed by atoms with Crippen LogP contribution in [0.4, 0.5) is 0 Å². The minimum atomic E-state index is 0.0454. The number of amides is 1. The summed E-state index contributed by atoms with van der Waals surface area (Å²) >= 11 is 0. The molecule has 0 saturated carbocycles. The van der Waals surface area contributed by atoms with E-state index in [9.17, 15) is 4.79 Å². The van der Waals surface area contributed by atoms with Gasteiger partial charge in [0.2, 0.25) is 5.91 Å². The van der Waals surface area contributed by atoms with Crippen LogP contribution in [0, 0.1) is 0 Å². The Morgan fingerprint density at radius 3 is 1.23 bits per heavy atom. The maximum atomic E-state index is 12.0. The van der Waals surface area contributed by atoms with E-state index >= 15 is 0 Å². The Balaban J connectivity index is 3.40. The smallest absolute Gasteiger partial charge is 0.245 e.